The van der Waals surface area contributed by atoms with E-state index in [0.717, 1.165) is 17.1 Å². The predicted molar refractivity (Wildman–Crippen MR) is 104 cm³/mol. The standard InChI is InChI=1S/C22H27NO4/c1-22(2,3)18-7-4-16(5-8-18)13-23(11-10-21(24)25)14-17-6-9-19-20(12-17)27-15-26-19/h4-9,12H,10-11,13-15H2,1-3H3,(H,24,25). The normalized spacial score (nSPS) is 13.2. The molecule has 1 aliphatic rings. The van der Waals surface area contributed by atoms with E-state index < -0.39 is 5.97 Å². The first-order valence-electron chi connectivity index (χ1n) is 9.23. The molecule has 0 saturated carbocycles. The Bertz CT molecular complexity index is 793. The molecule has 0 bridgehead atoms. The van der Waals surface area contributed by atoms with E-state index in [0.29, 0.717) is 19.6 Å². The van der Waals surface area contributed by atoms with Crippen molar-refractivity contribution in [2.24, 2.45) is 0 Å². The molecule has 0 unspecified atom stereocenters. The Labute approximate surface area is 160 Å². The maximum atomic E-state index is 11.1. The van der Waals surface area contributed by atoms with Crippen molar-refractivity contribution in [3.05, 3.63) is 59.2 Å². The summed E-state index contributed by atoms with van der Waals surface area (Å²) in [6, 6.07) is 14.5. The minimum atomic E-state index is -0.784. The fourth-order valence-corrected chi connectivity index (χ4v) is 3.13. The third kappa shape index (κ3) is 5.23. The number of benzene rings is 2. The van der Waals surface area contributed by atoms with Gasteiger partial charge in [0.2, 0.25) is 6.79 Å². The van der Waals surface area contributed by atoms with Gasteiger partial charge in [-0.15, -0.1) is 0 Å². The lowest BCUT2D eigenvalue weighted by atomic mass is 9.87. The second kappa shape index (κ2) is 8.01. The van der Waals surface area contributed by atoms with Crippen molar-refractivity contribution in [1.29, 1.82) is 0 Å². The van der Waals surface area contributed by atoms with Gasteiger partial charge in [-0.05, 0) is 34.2 Å². The number of carboxylic acid groups (broad SMARTS) is 1. The zero-order chi connectivity index (χ0) is 19.4. The third-order valence-electron chi connectivity index (χ3n) is 4.71. The summed E-state index contributed by atoms with van der Waals surface area (Å²) in [5.41, 5.74) is 3.66. The lowest BCUT2D eigenvalue weighted by Gasteiger charge is -2.23. The second-order valence-electron chi connectivity index (χ2n) is 7.99. The summed E-state index contributed by atoms with van der Waals surface area (Å²) in [6.07, 6.45) is 0.116. The summed E-state index contributed by atoms with van der Waals surface area (Å²) in [5.74, 6) is 0.725. The van der Waals surface area contributed by atoms with Gasteiger partial charge in [0, 0.05) is 19.6 Å². The van der Waals surface area contributed by atoms with Crippen LogP contribution >= 0.6 is 0 Å². The van der Waals surface area contributed by atoms with Crippen LogP contribution in [0.15, 0.2) is 42.5 Å². The van der Waals surface area contributed by atoms with Crippen LogP contribution in [-0.4, -0.2) is 29.3 Å². The summed E-state index contributed by atoms with van der Waals surface area (Å²) in [5, 5.41) is 9.08. The average molecular weight is 369 g/mol. The Hall–Kier alpha value is -2.53. The molecule has 0 saturated heterocycles. The number of rotatable bonds is 7. The fraction of sp³-hybridized carbons (Fsp3) is 0.409. The van der Waals surface area contributed by atoms with E-state index in [1.165, 1.54) is 11.1 Å². The number of hydrogen-bond acceptors (Lipinski definition) is 4. The maximum absolute atomic E-state index is 11.1. The van der Waals surface area contributed by atoms with Crippen LogP contribution in [0.5, 0.6) is 11.5 Å². The van der Waals surface area contributed by atoms with Crippen molar-refractivity contribution in [2.45, 2.75) is 45.7 Å². The fourth-order valence-electron chi connectivity index (χ4n) is 3.13. The molecule has 0 aliphatic carbocycles. The Balaban J connectivity index is 1.72. The highest BCUT2D eigenvalue weighted by Gasteiger charge is 2.16. The number of ether oxygens (including phenoxy) is 2. The molecule has 5 nitrogen and oxygen atoms in total. The topological polar surface area (TPSA) is 59.0 Å². The number of hydrogen-bond donors (Lipinski definition) is 1. The molecule has 0 amide bonds. The zero-order valence-electron chi connectivity index (χ0n) is 16.2. The Kier molecular flexibility index (Phi) is 5.71. The Morgan fingerprint density at radius 3 is 2.30 bits per heavy atom. The predicted octanol–water partition coefficient (Wildman–Crippen LogP) is 4.19. The van der Waals surface area contributed by atoms with Crippen molar-refractivity contribution in [3.8, 4) is 11.5 Å². The summed E-state index contributed by atoms with van der Waals surface area (Å²) in [7, 11) is 0. The molecule has 0 spiro atoms. The third-order valence-corrected chi connectivity index (χ3v) is 4.71. The number of nitrogens with zero attached hydrogens (tertiary/aromatic N) is 1. The van der Waals surface area contributed by atoms with Gasteiger partial charge in [0.1, 0.15) is 0 Å². The highest BCUT2D eigenvalue weighted by atomic mass is 16.7. The van der Waals surface area contributed by atoms with E-state index in [2.05, 4.69) is 49.9 Å². The first kappa shape index (κ1) is 19.2. The quantitative estimate of drug-likeness (QED) is 0.793. The molecule has 3 rings (SSSR count). The molecular weight excluding hydrogens is 342 g/mol. The Morgan fingerprint density at radius 2 is 1.63 bits per heavy atom. The SMILES string of the molecule is CC(C)(C)c1ccc(CN(CCC(=O)O)Cc2ccc3c(c2)OCO3)cc1. The molecule has 2 aromatic carbocycles. The van der Waals surface area contributed by atoms with E-state index in [9.17, 15) is 4.79 Å². The zero-order valence-corrected chi connectivity index (χ0v) is 16.2. The Morgan fingerprint density at radius 1 is 1.00 bits per heavy atom. The van der Waals surface area contributed by atoms with Crippen molar-refractivity contribution in [1.82, 2.24) is 4.90 Å². The maximum Gasteiger partial charge on any atom is 0.304 e. The lowest BCUT2D eigenvalue weighted by Crippen LogP contribution is -2.25. The molecule has 1 N–H and O–H groups in total. The van der Waals surface area contributed by atoms with E-state index >= 15 is 0 Å². The van der Waals surface area contributed by atoms with Gasteiger partial charge in [0.15, 0.2) is 11.5 Å². The van der Waals surface area contributed by atoms with Gasteiger partial charge in [0.25, 0.3) is 0 Å². The average Bonchev–Trinajstić information content (AvgIpc) is 3.07. The van der Waals surface area contributed by atoms with Crippen LogP contribution in [0.3, 0.4) is 0 Å². The molecule has 5 heteroatoms. The van der Waals surface area contributed by atoms with Crippen LogP contribution in [0.25, 0.3) is 0 Å². The van der Waals surface area contributed by atoms with Gasteiger partial charge >= 0.3 is 5.97 Å². The van der Waals surface area contributed by atoms with Crippen molar-refractivity contribution in [2.75, 3.05) is 13.3 Å². The lowest BCUT2D eigenvalue weighted by molar-refractivity contribution is -0.137. The summed E-state index contributed by atoms with van der Waals surface area (Å²) >= 11 is 0. The number of aliphatic carboxylic acids is 1. The molecule has 0 atom stereocenters. The highest BCUT2D eigenvalue weighted by Crippen LogP contribution is 2.33. The molecule has 1 aliphatic heterocycles. The van der Waals surface area contributed by atoms with Gasteiger partial charge in [0.05, 0.1) is 6.42 Å². The van der Waals surface area contributed by atoms with E-state index in [1.54, 1.807) is 0 Å². The molecule has 1 heterocycles. The van der Waals surface area contributed by atoms with E-state index in [-0.39, 0.29) is 18.6 Å². The van der Waals surface area contributed by atoms with Crippen LogP contribution in [0, 0.1) is 0 Å². The largest absolute Gasteiger partial charge is 0.481 e. The molecule has 144 valence electrons. The molecule has 2 aromatic rings. The van der Waals surface area contributed by atoms with Crippen LogP contribution < -0.4 is 9.47 Å². The smallest absolute Gasteiger partial charge is 0.304 e. The van der Waals surface area contributed by atoms with Crippen molar-refractivity contribution >= 4 is 5.97 Å². The summed E-state index contributed by atoms with van der Waals surface area (Å²) < 4.78 is 10.8. The second-order valence-corrected chi connectivity index (χ2v) is 7.99. The van der Waals surface area contributed by atoms with Gasteiger partial charge < -0.3 is 14.6 Å². The highest BCUT2D eigenvalue weighted by molar-refractivity contribution is 5.66. The molecule has 0 fully saturated rings. The van der Waals surface area contributed by atoms with Gasteiger partial charge in [-0.3, -0.25) is 9.69 Å². The van der Waals surface area contributed by atoms with E-state index in [1.807, 2.05) is 18.2 Å². The molecule has 0 radical (unpaired) electrons. The minimum absolute atomic E-state index is 0.116. The minimum Gasteiger partial charge on any atom is -0.481 e. The number of carbonyl (C=O) groups is 1. The monoisotopic (exact) mass is 369 g/mol. The van der Waals surface area contributed by atoms with Crippen LogP contribution in [0.2, 0.25) is 0 Å². The van der Waals surface area contributed by atoms with Crippen LogP contribution in [0.4, 0.5) is 0 Å². The van der Waals surface area contributed by atoms with Crippen LogP contribution in [-0.2, 0) is 23.3 Å². The first-order valence-corrected chi connectivity index (χ1v) is 9.23. The van der Waals surface area contributed by atoms with Gasteiger partial charge in [-0.1, -0.05) is 51.1 Å². The molecular formula is C22H27NO4. The first-order chi connectivity index (χ1) is 12.8. The molecule has 0 aromatic heterocycles. The van der Waals surface area contributed by atoms with Crippen molar-refractivity contribution < 1.29 is 19.4 Å². The van der Waals surface area contributed by atoms with Gasteiger partial charge in [-0.2, -0.15) is 0 Å². The number of carboxylic acids is 1. The molecule has 27 heavy (non-hydrogen) atoms. The van der Waals surface area contributed by atoms with Crippen molar-refractivity contribution in [3.63, 3.8) is 0 Å². The summed E-state index contributed by atoms with van der Waals surface area (Å²) in [4.78, 5) is 13.2. The van der Waals surface area contributed by atoms with Crippen LogP contribution in [0.1, 0.15) is 43.9 Å². The number of fused-ring (bicyclic) bond motifs is 1. The summed E-state index contributed by atoms with van der Waals surface area (Å²) in [6.45, 7) is 8.69. The van der Waals surface area contributed by atoms with Gasteiger partial charge in [-0.25, -0.2) is 0 Å². The van der Waals surface area contributed by atoms with E-state index in [4.69, 9.17) is 14.6 Å².